The molecule has 0 saturated carbocycles. The molecular weight excluding hydrogens is 544 g/mol. The lowest BCUT2D eigenvalue weighted by Crippen LogP contribution is -2.49. The van der Waals surface area contributed by atoms with Gasteiger partial charge in [0.25, 0.3) is 11.5 Å². The Morgan fingerprint density at radius 3 is 2.65 bits per heavy atom. The highest BCUT2D eigenvalue weighted by Gasteiger charge is 2.36. The zero-order valence-corrected chi connectivity index (χ0v) is 24.1. The Bertz CT molecular complexity index is 1880. The number of amides is 1. The van der Waals surface area contributed by atoms with Gasteiger partial charge in [-0.05, 0) is 48.4 Å². The van der Waals surface area contributed by atoms with E-state index in [-0.39, 0.29) is 29.7 Å². The first-order valence-corrected chi connectivity index (χ1v) is 14.7. The van der Waals surface area contributed by atoms with Crippen molar-refractivity contribution in [2.75, 3.05) is 13.1 Å². The molecule has 2 aliphatic rings. The summed E-state index contributed by atoms with van der Waals surface area (Å²) in [6.07, 6.45) is 7.83. The molecule has 4 heterocycles. The minimum absolute atomic E-state index is 0.0719. The van der Waals surface area contributed by atoms with Crippen molar-refractivity contribution in [1.82, 2.24) is 33.8 Å². The molecule has 7 rings (SSSR count). The van der Waals surface area contributed by atoms with Crippen molar-refractivity contribution in [3.63, 3.8) is 0 Å². The van der Waals surface area contributed by atoms with Gasteiger partial charge in [0.2, 0.25) is 5.65 Å². The lowest BCUT2D eigenvalue weighted by atomic mass is 9.91. The molecule has 1 aliphatic heterocycles. The fourth-order valence-electron chi connectivity index (χ4n) is 6.43. The number of carbonyl (C=O) groups is 1. The Hall–Kier alpha value is -4.61. The van der Waals surface area contributed by atoms with Crippen molar-refractivity contribution < 1.29 is 9.90 Å². The molecule has 1 amide bonds. The van der Waals surface area contributed by atoms with Gasteiger partial charge in [-0.3, -0.25) is 18.8 Å². The highest BCUT2D eigenvalue weighted by atomic mass is 16.3. The van der Waals surface area contributed by atoms with Gasteiger partial charge in [0.15, 0.2) is 0 Å². The van der Waals surface area contributed by atoms with Gasteiger partial charge in [-0.25, -0.2) is 9.50 Å². The van der Waals surface area contributed by atoms with Gasteiger partial charge in [-0.15, -0.1) is 0 Å². The molecule has 0 spiro atoms. The van der Waals surface area contributed by atoms with Crippen LogP contribution in [-0.4, -0.2) is 69.6 Å². The summed E-state index contributed by atoms with van der Waals surface area (Å²) in [7, 11) is 1.81. The highest BCUT2D eigenvalue weighted by molar-refractivity contribution is 5.95. The van der Waals surface area contributed by atoms with Gasteiger partial charge in [0.05, 0.1) is 35.3 Å². The molecule has 11 heteroatoms. The molecule has 5 aromatic rings. The number of piperidine rings is 1. The number of rotatable bonds is 6. The third-order valence-corrected chi connectivity index (χ3v) is 8.76. The van der Waals surface area contributed by atoms with Crippen LogP contribution in [0.15, 0.2) is 72.0 Å². The van der Waals surface area contributed by atoms with Gasteiger partial charge in [0, 0.05) is 44.4 Å². The number of nitrogens with two attached hydrogens (primary N) is 1. The fraction of sp³-hybridized carbons (Fsp3) is 0.344. The van der Waals surface area contributed by atoms with E-state index in [4.69, 9.17) is 5.73 Å². The van der Waals surface area contributed by atoms with Crippen LogP contribution in [0.2, 0.25) is 0 Å². The quantitative estimate of drug-likeness (QED) is 0.314. The first kappa shape index (κ1) is 27.2. The van der Waals surface area contributed by atoms with Crippen LogP contribution in [-0.2, 0) is 32.9 Å². The zero-order valence-electron chi connectivity index (χ0n) is 24.1. The van der Waals surface area contributed by atoms with Crippen LogP contribution in [0.25, 0.3) is 16.9 Å². The lowest BCUT2D eigenvalue weighted by Gasteiger charge is -2.38. The van der Waals surface area contributed by atoms with Crippen LogP contribution in [0.5, 0.6) is 0 Å². The largest absolute Gasteiger partial charge is 0.388 e. The fourth-order valence-corrected chi connectivity index (χ4v) is 6.43. The highest BCUT2D eigenvalue weighted by Crippen LogP contribution is 2.29. The molecule has 11 nitrogen and oxygen atoms in total. The number of likely N-dealkylation sites (tertiary alicyclic amines) is 1. The molecule has 1 fully saturated rings. The van der Waals surface area contributed by atoms with Crippen molar-refractivity contribution in [2.45, 2.75) is 50.3 Å². The number of fused-ring (bicyclic) bond motifs is 2. The topological polar surface area (TPSA) is 137 Å². The van der Waals surface area contributed by atoms with Crippen molar-refractivity contribution in [2.24, 2.45) is 12.8 Å². The lowest BCUT2D eigenvalue weighted by molar-refractivity contribution is -0.0300. The molecule has 2 aromatic carbocycles. The summed E-state index contributed by atoms with van der Waals surface area (Å²) in [6, 6.07) is 16.3. The number of benzene rings is 2. The van der Waals surface area contributed by atoms with Gasteiger partial charge in [-0.1, -0.05) is 42.5 Å². The number of aryl methyl sites for hydroxylation is 1. The summed E-state index contributed by atoms with van der Waals surface area (Å²) in [6.45, 7) is 0.812. The van der Waals surface area contributed by atoms with Crippen molar-refractivity contribution >= 4 is 11.6 Å². The van der Waals surface area contributed by atoms with E-state index in [2.05, 4.69) is 27.3 Å². The maximum Gasteiger partial charge on any atom is 0.296 e. The van der Waals surface area contributed by atoms with Gasteiger partial charge >= 0.3 is 0 Å². The Balaban J connectivity index is 1.05. The monoisotopic (exact) mass is 578 g/mol. The molecule has 0 bridgehead atoms. The minimum atomic E-state index is -1.16. The first-order valence-electron chi connectivity index (χ1n) is 14.7. The second-order valence-corrected chi connectivity index (χ2v) is 11.9. The molecule has 3 aromatic heterocycles. The predicted molar refractivity (Wildman–Crippen MR) is 161 cm³/mol. The number of imidazole rings is 1. The first-order chi connectivity index (χ1) is 20.8. The van der Waals surface area contributed by atoms with Gasteiger partial charge < -0.3 is 15.7 Å². The van der Waals surface area contributed by atoms with Crippen LogP contribution in [0, 0.1) is 0 Å². The molecular formula is C32H34N8O3. The average molecular weight is 579 g/mol. The Labute approximate surface area is 248 Å². The molecule has 43 heavy (non-hydrogen) atoms. The number of nitrogens with zero attached hydrogens (tertiary/aromatic N) is 7. The van der Waals surface area contributed by atoms with E-state index in [1.165, 1.54) is 22.0 Å². The molecule has 220 valence electrons. The Kier molecular flexibility index (Phi) is 6.71. The van der Waals surface area contributed by atoms with E-state index in [0.717, 1.165) is 35.4 Å². The summed E-state index contributed by atoms with van der Waals surface area (Å²) in [4.78, 5) is 33.1. The standard InChI is InChI=1S/C32H34N8O3/c1-37-18-26(27(36-37)13-21-5-3-2-4-6-21)30(41)38-11-9-32(43,10-12-38)19-39-20-35-40-28(17-34-29(40)31(39)42)23-8-7-22-15-25(33)16-24(22)14-23/h2-8,14,17-18,20,25,43H,9-13,15-16,19,33H2,1H3. The summed E-state index contributed by atoms with van der Waals surface area (Å²) in [5.74, 6) is -0.0974. The van der Waals surface area contributed by atoms with Crippen LogP contribution in [0.3, 0.4) is 0 Å². The predicted octanol–water partition coefficient (Wildman–Crippen LogP) is 1.98. The minimum Gasteiger partial charge on any atom is -0.388 e. The Morgan fingerprint density at radius 2 is 1.86 bits per heavy atom. The molecule has 3 N–H and O–H groups in total. The Morgan fingerprint density at radius 1 is 1.09 bits per heavy atom. The van der Waals surface area contributed by atoms with Crippen LogP contribution in [0.1, 0.15) is 45.6 Å². The van der Waals surface area contributed by atoms with Crippen molar-refractivity contribution in [3.8, 4) is 11.3 Å². The average Bonchev–Trinajstić information content (AvgIpc) is 3.70. The summed E-state index contributed by atoms with van der Waals surface area (Å²) in [5.41, 5.74) is 11.4. The van der Waals surface area contributed by atoms with E-state index in [0.29, 0.717) is 37.9 Å². The molecule has 1 unspecified atom stereocenters. The second kappa shape index (κ2) is 10.6. The smallest absolute Gasteiger partial charge is 0.296 e. The van der Waals surface area contributed by atoms with Gasteiger partial charge in [-0.2, -0.15) is 10.2 Å². The molecule has 0 radical (unpaired) electrons. The number of hydrogen-bond donors (Lipinski definition) is 2. The number of carbonyl (C=O) groups excluding carboxylic acids is 1. The summed E-state index contributed by atoms with van der Waals surface area (Å²) >= 11 is 0. The third kappa shape index (κ3) is 5.15. The van der Waals surface area contributed by atoms with Crippen molar-refractivity contribution in [1.29, 1.82) is 0 Å². The molecule has 1 aliphatic carbocycles. The maximum atomic E-state index is 13.5. The number of aromatic nitrogens is 6. The summed E-state index contributed by atoms with van der Waals surface area (Å²) in [5, 5.41) is 20.5. The number of hydrogen-bond acceptors (Lipinski definition) is 7. The van der Waals surface area contributed by atoms with Gasteiger partial charge in [0.1, 0.15) is 6.33 Å². The van der Waals surface area contributed by atoms with E-state index < -0.39 is 5.60 Å². The van der Waals surface area contributed by atoms with E-state index in [9.17, 15) is 14.7 Å². The maximum absolute atomic E-state index is 13.5. The van der Waals surface area contributed by atoms with Crippen LogP contribution < -0.4 is 11.3 Å². The zero-order chi connectivity index (χ0) is 29.7. The SMILES string of the molecule is Cn1cc(C(=O)N2CCC(O)(Cn3cnn4c(-c5ccc6c(c5)CC(N)C6)cnc4c3=O)CC2)c(Cc2ccccc2)n1. The molecule has 1 saturated heterocycles. The second-order valence-electron chi connectivity index (χ2n) is 11.9. The van der Waals surface area contributed by atoms with Crippen molar-refractivity contribution in [3.05, 3.63) is 106 Å². The number of aliphatic hydroxyl groups is 1. The summed E-state index contributed by atoms with van der Waals surface area (Å²) < 4.78 is 4.65. The normalized spacial score (nSPS) is 17.8. The van der Waals surface area contributed by atoms with Crippen LogP contribution in [0.4, 0.5) is 0 Å². The molecule has 1 atom stereocenters. The van der Waals surface area contributed by atoms with E-state index in [1.807, 2.05) is 43.4 Å². The van der Waals surface area contributed by atoms with E-state index in [1.54, 1.807) is 26.5 Å². The van der Waals surface area contributed by atoms with Crippen LogP contribution >= 0.6 is 0 Å². The van der Waals surface area contributed by atoms with E-state index >= 15 is 0 Å². The third-order valence-electron chi connectivity index (χ3n) is 8.76.